The van der Waals surface area contributed by atoms with E-state index in [4.69, 9.17) is 0 Å². The van der Waals surface area contributed by atoms with Gasteiger partial charge in [0.15, 0.2) is 0 Å². The van der Waals surface area contributed by atoms with Crippen molar-refractivity contribution in [2.24, 2.45) is 0 Å². The molecule has 0 saturated heterocycles. The summed E-state index contributed by atoms with van der Waals surface area (Å²) in [7, 11) is 0. The molecule has 0 fully saturated rings. The maximum absolute atomic E-state index is 10.5. The van der Waals surface area contributed by atoms with Crippen LogP contribution in [0.15, 0.2) is 12.2 Å². The number of carbonyl (C=O) groups excluding carboxylic acids is 2. The van der Waals surface area contributed by atoms with Gasteiger partial charge in [0, 0.05) is 13.3 Å². The summed E-state index contributed by atoms with van der Waals surface area (Å²) in [5, 5.41) is 0. The molecular weight excluding hydrogens is 168 g/mol. The number of hydrogen-bond acceptors (Lipinski definition) is 3. The van der Waals surface area contributed by atoms with E-state index in [0.717, 1.165) is 12.8 Å². The normalized spacial score (nSPS) is 10.3. The highest BCUT2D eigenvalue weighted by Crippen LogP contribution is 1.97. The average Bonchev–Trinajstić information content (AvgIpc) is 2.01. The van der Waals surface area contributed by atoms with E-state index in [2.05, 4.69) is 4.74 Å². The van der Waals surface area contributed by atoms with Crippen LogP contribution in [0, 0.1) is 0 Å². The maximum atomic E-state index is 10.5. The van der Waals surface area contributed by atoms with Gasteiger partial charge in [0.2, 0.25) is 0 Å². The van der Waals surface area contributed by atoms with E-state index in [1.54, 1.807) is 13.0 Å². The van der Waals surface area contributed by atoms with Crippen LogP contribution in [0.3, 0.4) is 0 Å². The monoisotopic (exact) mass is 184 g/mol. The molecule has 0 amide bonds. The molecule has 0 bridgehead atoms. The Morgan fingerprint density at radius 3 is 2.46 bits per heavy atom. The van der Waals surface area contributed by atoms with Crippen LogP contribution >= 0.6 is 0 Å². The van der Waals surface area contributed by atoms with E-state index in [0.29, 0.717) is 13.0 Å². The van der Waals surface area contributed by atoms with E-state index in [1.165, 1.54) is 6.92 Å². The first-order valence-corrected chi connectivity index (χ1v) is 4.40. The lowest BCUT2D eigenvalue weighted by Gasteiger charge is -1.94. The molecule has 74 valence electrons. The number of ether oxygens (including phenoxy) is 1. The maximum Gasteiger partial charge on any atom is 0.302 e. The van der Waals surface area contributed by atoms with Crippen molar-refractivity contribution >= 4 is 11.8 Å². The lowest BCUT2D eigenvalue weighted by atomic mass is 10.2. The van der Waals surface area contributed by atoms with Crippen LogP contribution in [0.25, 0.3) is 0 Å². The van der Waals surface area contributed by atoms with Crippen LogP contribution in [-0.4, -0.2) is 18.4 Å². The molecule has 3 heteroatoms. The van der Waals surface area contributed by atoms with Gasteiger partial charge in [-0.25, -0.2) is 0 Å². The van der Waals surface area contributed by atoms with Crippen molar-refractivity contribution in [3.05, 3.63) is 12.2 Å². The Balaban J connectivity index is 3.22. The predicted octanol–water partition coefficient (Wildman–Crippen LogP) is 1.86. The van der Waals surface area contributed by atoms with Gasteiger partial charge in [-0.1, -0.05) is 12.2 Å². The molecule has 0 aromatic rings. The van der Waals surface area contributed by atoms with Gasteiger partial charge in [-0.3, -0.25) is 4.79 Å². The Bertz CT molecular complexity index is 194. The number of unbranched alkanes of at least 4 members (excludes halogenated alkanes) is 1. The first-order chi connectivity index (χ1) is 6.13. The number of carbonyl (C=O) groups is 2. The van der Waals surface area contributed by atoms with E-state index in [9.17, 15) is 9.59 Å². The SMILES string of the molecule is CC(=O)CCCC=CCOC(C)=O. The zero-order valence-corrected chi connectivity index (χ0v) is 8.21. The highest BCUT2D eigenvalue weighted by molar-refractivity contribution is 5.75. The molecule has 0 aliphatic heterocycles. The second-order valence-electron chi connectivity index (χ2n) is 2.87. The minimum Gasteiger partial charge on any atom is -0.462 e. The topological polar surface area (TPSA) is 43.4 Å². The summed E-state index contributed by atoms with van der Waals surface area (Å²) in [4.78, 5) is 20.8. The fraction of sp³-hybridized carbons (Fsp3) is 0.600. The number of esters is 1. The second-order valence-corrected chi connectivity index (χ2v) is 2.87. The summed E-state index contributed by atoms with van der Waals surface area (Å²) in [6.45, 7) is 3.29. The lowest BCUT2D eigenvalue weighted by Crippen LogP contribution is -1.97. The molecular formula is C10H16O3. The minimum atomic E-state index is -0.270. The van der Waals surface area contributed by atoms with Gasteiger partial charge in [-0.15, -0.1) is 0 Å². The van der Waals surface area contributed by atoms with E-state index < -0.39 is 0 Å². The third-order valence-electron chi connectivity index (χ3n) is 1.45. The second kappa shape index (κ2) is 7.53. The molecule has 0 aromatic carbocycles. The van der Waals surface area contributed by atoms with Crippen molar-refractivity contribution in [2.75, 3.05) is 6.61 Å². The summed E-state index contributed by atoms with van der Waals surface area (Å²) < 4.78 is 4.68. The van der Waals surface area contributed by atoms with Crippen molar-refractivity contribution in [3.63, 3.8) is 0 Å². The summed E-state index contributed by atoms with van der Waals surface area (Å²) >= 11 is 0. The standard InChI is InChI=1S/C10H16O3/c1-9(11)7-5-3-4-6-8-13-10(2)12/h4,6H,3,5,7-8H2,1-2H3. The predicted molar refractivity (Wildman–Crippen MR) is 50.3 cm³/mol. The Kier molecular flexibility index (Phi) is 6.88. The summed E-state index contributed by atoms with van der Waals surface area (Å²) in [5.74, 6) is -0.0539. The lowest BCUT2D eigenvalue weighted by molar-refractivity contribution is -0.139. The first kappa shape index (κ1) is 11.9. The zero-order valence-electron chi connectivity index (χ0n) is 8.21. The van der Waals surface area contributed by atoms with Crippen molar-refractivity contribution in [1.82, 2.24) is 0 Å². The fourth-order valence-corrected chi connectivity index (χ4v) is 0.820. The van der Waals surface area contributed by atoms with Crippen LogP contribution in [-0.2, 0) is 14.3 Å². The molecule has 3 nitrogen and oxygen atoms in total. The third kappa shape index (κ3) is 10.9. The molecule has 0 rings (SSSR count). The molecule has 0 radical (unpaired) electrons. The Hall–Kier alpha value is -1.12. The first-order valence-electron chi connectivity index (χ1n) is 4.40. The average molecular weight is 184 g/mol. The highest BCUT2D eigenvalue weighted by Gasteiger charge is 1.90. The van der Waals surface area contributed by atoms with E-state index in [1.807, 2.05) is 6.08 Å². The van der Waals surface area contributed by atoms with Crippen molar-refractivity contribution in [3.8, 4) is 0 Å². The van der Waals surface area contributed by atoms with Crippen molar-refractivity contribution in [2.45, 2.75) is 33.1 Å². The molecule has 0 atom stereocenters. The molecule has 0 heterocycles. The Labute approximate surface area is 78.8 Å². The largest absolute Gasteiger partial charge is 0.462 e. The van der Waals surface area contributed by atoms with Crippen LogP contribution in [0.1, 0.15) is 33.1 Å². The quantitative estimate of drug-likeness (QED) is 0.359. The van der Waals surface area contributed by atoms with Crippen LogP contribution < -0.4 is 0 Å². The summed E-state index contributed by atoms with van der Waals surface area (Å²) in [6.07, 6.45) is 6.07. The molecule has 0 spiro atoms. The van der Waals surface area contributed by atoms with Crippen LogP contribution in [0.2, 0.25) is 0 Å². The molecule has 0 aromatic heterocycles. The van der Waals surface area contributed by atoms with Gasteiger partial charge in [0.1, 0.15) is 12.4 Å². The van der Waals surface area contributed by atoms with Gasteiger partial charge in [-0.05, 0) is 19.8 Å². The van der Waals surface area contributed by atoms with Gasteiger partial charge in [-0.2, -0.15) is 0 Å². The molecule has 0 saturated carbocycles. The highest BCUT2D eigenvalue weighted by atomic mass is 16.5. The fourth-order valence-electron chi connectivity index (χ4n) is 0.820. The van der Waals surface area contributed by atoms with E-state index in [-0.39, 0.29) is 11.8 Å². The van der Waals surface area contributed by atoms with Gasteiger partial charge in [0.25, 0.3) is 0 Å². The molecule has 13 heavy (non-hydrogen) atoms. The van der Waals surface area contributed by atoms with Crippen LogP contribution in [0.4, 0.5) is 0 Å². The summed E-state index contributed by atoms with van der Waals surface area (Å²) in [5.41, 5.74) is 0. The molecule has 0 aliphatic rings. The smallest absolute Gasteiger partial charge is 0.302 e. The number of hydrogen-bond donors (Lipinski definition) is 0. The number of ketones is 1. The van der Waals surface area contributed by atoms with Gasteiger partial charge < -0.3 is 9.53 Å². The Morgan fingerprint density at radius 2 is 1.92 bits per heavy atom. The third-order valence-corrected chi connectivity index (χ3v) is 1.45. The van der Waals surface area contributed by atoms with Crippen molar-refractivity contribution in [1.29, 1.82) is 0 Å². The van der Waals surface area contributed by atoms with E-state index >= 15 is 0 Å². The molecule has 0 aliphatic carbocycles. The minimum absolute atomic E-state index is 0.216. The summed E-state index contributed by atoms with van der Waals surface area (Å²) in [6, 6.07) is 0. The van der Waals surface area contributed by atoms with Crippen molar-refractivity contribution < 1.29 is 14.3 Å². The van der Waals surface area contributed by atoms with Crippen LogP contribution in [0.5, 0.6) is 0 Å². The van der Waals surface area contributed by atoms with Gasteiger partial charge >= 0.3 is 5.97 Å². The molecule has 0 unspecified atom stereocenters. The van der Waals surface area contributed by atoms with Gasteiger partial charge in [0.05, 0.1) is 0 Å². The molecule has 0 N–H and O–H groups in total. The number of allylic oxidation sites excluding steroid dienone is 1. The number of rotatable bonds is 6. The number of Topliss-reactive ketones (excluding diaryl/α,β-unsaturated/α-hetero) is 1. The Morgan fingerprint density at radius 1 is 1.23 bits per heavy atom. The zero-order chi connectivity index (χ0) is 10.1.